The first-order valence-electron chi connectivity index (χ1n) is 7.42. The first-order valence-corrected chi connectivity index (χ1v) is 7.42. The Kier molecular flexibility index (Phi) is 3.74. The average molecular weight is 273 g/mol. The lowest BCUT2D eigenvalue weighted by Crippen LogP contribution is -3.10. The molecule has 0 bridgehead atoms. The smallest absolute Gasteiger partial charge is 0.261 e. The fourth-order valence-electron chi connectivity index (χ4n) is 3.09. The predicted molar refractivity (Wildman–Crippen MR) is 79.1 cm³/mol. The number of aromatic hydroxyl groups is 1. The maximum Gasteiger partial charge on any atom is 0.261 e. The van der Waals surface area contributed by atoms with Gasteiger partial charge in [0.1, 0.15) is 17.9 Å². The molecule has 0 radical (unpaired) electrons. The van der Waals surface area contributed by atoms with Gasteiger partial charge < -0.3 is 15.0 Å². The Bertz CT molecular complexity index is 655. The maximum atomic E-state index is 12.2. The zero-order valence-corrected chi connectivity index (χ0v) is 11.6. The number of likely N-dealkylation sites (tertiary alicyclic amines) is 1. The minimum atomic E-state index is -0.155. The number of nitrogens with one attached hydrogen (secondary N) is 2. The van der Waals surface area contributed by atoms with Crippen LogP contribution in [0.1, 0.15) is 31.2 Å². The van der Waals surface area contributed by atoms with Gasteiger partial charge in [-0.1, -0.05) is 12.1 Å². The minimum Gasteiger partial charge on any atom is -0.507 e. The number of aromatic nitrogens is 1. The van der Waals surface area contributed by atoms with Crippen LogP contribution >= 0.6 is 0 Å². The van der Waals surface area contributed by atoms with Gasteiger partial charge >= 0.3 is 0 Å². The van der Waals surface area contributed by atoms with E-state index >= 15 is 0 Å². The normalized spacial score (nSPS) is 17.2. The van der Waals surface area contributed by atoms with Crippen molar-refractivity contribution < 1.29 is 10.0 Å². The van der Waals surface area contributed by atoms with Crippen LogP contribution in [0.15, 0.2) is 29.1 Å². The third kappa shape index (κ3) is 2.56. The number of hydrogen-bond acceptors (Lipinski definition) is 2. The van der Waals surface area contributed by atoms with Gasteiger partial charge in [0.05, 0.1) is 18.6 Å². The van der Waals surface area contributed by atoms with E-state index in [1.807, 2.05) is 24.3 Å². The Hall–Kier alpha value is -1.81. The lowest BCUT2D eigenvalue weighted by molar-refractivity contribution is -0.913. The summed E-state index contributed by atoms with van der Waals surface area (Å²) in [4.78, 5) is 16.5. The van der Waals surface area contributed by atoms with Crippen LogP contribution in [0, 0.1) is 0 Å². The van der Waals surface area contributed by atoms with Crippen molar-refractivity contribution in [3.8, 4) is 5.75 Å². The highest BCUT2D eigenvalue weighted by Crippen LogP contribution is 2.23. The molecule has 0 spiro atoms. The van der Waals surface area contributed by atoms with Gasteiger partial charge in [0.15, 0.2) is 0 Å². The van der Waals surface area contributed by atoms with E-state index in [9.17, 15) is 9.90 Å². The van der Waals surface area contributed by atoms with Crippen molar-refractivity contribution >= 4 is 10.9 Å². The van der Waals surface area contributed by atoms with Crippen LogP contribution in [0.3, 0.4) is 0 Å². The number of aromatic amines is 1. The monoisotopic (exact) mass is 273 g/mol. The van der Waals surface area contributed by atoms with E-state index in [0.29, 0.717) is 17.6 Å². The van der Waals surface area contributed by atoms with E-state index in [1.165, 1.54) is 30.6 Å². The van der Waals surface area contributed by atoms with Crippen molar-refractivity contribution in [2.75, 3.05) is 13.1 Å². The molecule has 1 saturated heterocycles. The summed E-state index contributed by atoms with van der Waals surface area (Å²) in [5.74, 6) is 0.154. The highest BCUT2D eigenvalue weighted by molar-refractivity contribution is 5.85. The van der Waals surface area contributed by atoms with E-state index in [0.717, 1.165) is 18.5 Å². The quantitative estimate of drug-likeness (QED) is 0.770. The molecule has 1 aromatic carbocycles. The van der Waals surface area contributed by atoms with Crippen LogP contribution in [-0.2, 0) is 6.54 Å². The SMILES string of the molecule is O=c1[nH]c2ccccc2c(O)c1C[NH+]1CCCCCC1. The van der Waals surface area contributed by atoms with Gasteiger partial charge in [0.25, 0.3) is 5.56 Å². The Balaban J connectivity index is 1.96. The zero-order valence-electron chi connectivity index (χ0n) is 11.6. The molecule has 0 atom stereocenters. The Labute approximate surface area is 118 Å². The van der Waals surface area contributed by atoms with Crippen LogP contribution in [0.5, 0.6) is 5.75 Å². The maximum absolute atomic E-state index is 12.2. The summed E-state index contributed by atoms with van der Waals surface area (Å²) in [5.41, 5.74) is 1.07. The fourth-order valence-corrected chi connectivity index (χ4v) is 3.09. The number of hydrogen-bond donors (Lipinski definition) is 3. The molecule has 0 amide bonds. The molecule has 3 N–H and O–H groups in total. The Morgan fingerprint density at radius 2 is 1.80 bits per heavy atom. The highest BCUT2D eigenvalue weighted by atomic mass is 16.3. The van der Waals surface area contributed by atoms with E-state index in [4.69, 9.17) is 0 Å². The van der Waals surface area contributed by atoms with E-state index in [-0.39, 0.29) is 11.3 Å². The molecular weight excluding hydrogens is 252 g/mol. The predicted octanol–water partition coefficient (Wildman–Crippen LogP) is 1.19. The molecule has 106 valence electrons. The number of para-hydroxylation sites is 1. The number of fused-ring (bicyclic) bond motifs is 1. The summed E-state index contributed by atoms with van der Waals surface area (Å²) in [6, 6.07) is 7.40. The molecule has 1 aromatic heterocycles. The molecule has 2 heterocycles. The molecule has 1 aliphatic heterocycles. The fraction of sp³-hybridized carbons (Fsp3) is 0.438. The number of quaternary nitrogens is 1. The molecule has 0 unspecified atom stereocenters. The Morgan fingerprint density at radius 1 is 1.10 bits per heavy atom. The van der Waals surface area contributed by atoms with Crippen molar-refractivity contribution in [1.82, 2.24) is 4.98 Å². The summed E-state index contributed by atoms with van der Waals surface area (Å²) >= 11 is 0. The van der Waals surface area contributed by atoms with Crippen LogP contribution in [0.25, 0.3) is 10.9 Å². The van der Waals surface area contributed by atoms with Gasteiger partial charge in [0, 0.05) is 5.39 Å². The summed E-state index contributed by atoms with van der Waals surface area (Å²) in [7, 11) is 0. The second kappa shape index (κ2) is 5.67. The van der Waals surface area contributed by atoms with Crippen molar-refractivity contribution in [3.63, 3.8) is 0 Å². The van der Waals surface area contributed by atoms with Gasteiger partial charge in [-0.05, 0) is 37.8 Å². The van der Waals surface area contributed by atoms with Gasteiger partial charge in [0.2, 0.25) is 0 Å². The number of pyridine rings is 1. The molecule has 1 aliphatic rings. The van der Waals surface area contributed by atoms with Crippen molar-refractivity contribution in [2.24, 2.45) is 0 Å². The standard InChI is InChI=1S/C16H20N2O2/c19-15-12-7-3-4-8-14(12)17-16(20)13(15)11-18-9-5-1-2-6-10-18/h3-4,7-8H,1-2,5-6,9-11H2,(H2,17,19,20)/p+1. The highest BCUT2D eigenvalue weighted by Gasteiger charge is 2.19. The number of benzene rings is 1. The number of rotatable bonds is 2. The summed E-state index contributed by atoms with van der Waals surface area (Å²) < 4.78 is 0. The third-order valence-corrected chi connectivity index (χ3v) is 4.23. The first kappa shape index (κ1) is 13.2. The largest absolute Gasteiger partial charge is 0.507 e. The molecule has 3 rings (SSSR count). The average Bonchev–Trinajstić information content (AvgIpc) is 2.72. The molecule has 20 heavy (non-hydrogen) atoms. The number of H-pyrrole nitrogens is 1. The van der Waals surface area contributed by atoms with Gasteiger partial charge in [-0.25, -0.2) is 0 Å². The van der Waals surface area contributed by atoms with Gasteiger partial charge in [-0.2, -0.15) is 0 Å². The molecular formula is C16H21N2O2+. The van der Waals surface area contributed by atoms with Crippen molar-refractivity contribution in [2.45, 2.75) is 32.2 Å². The van der Waals surface area contributed by atoms with Crippen LogP contribution in [0.2, 0.25) is 0 Å². The van der Waals surface area contributed by atoms with Crippen molar-refractivity contribution in [3.05, 3.63) is 40.2 Å². The van der Waals surface area contributed by atoms with Crippen LogP contribution in [-0.4, -0.2) is 23.2 Å². The zero-order chi connectivity index (χ0) is 13.9. The van der Waals surface area contributed by atoms with Gasteiger partial charge in [-0.15, -0.1) is 0 Å². The summed E-state index contributed by atoms with van der Waals surface area (Å²) in [6.07, 6.45) is 4.98. The molecule has 1 fully saturated rings. The molecule has 4 nitrogen and oxygen atoms in total. The van der Waals surface area contributed by atoms with E-state index < -0.39 is 0 Å². The van der Waals surface area contributed by atoms with E-state index in [2.05, 4.69) is 4.98 Å². The summed E-state index contributed by atoms with van der Waals surface area (Å²) in [5, 5.41) is 11.1. The van der Waals surface area contributed by atoms with Gasteiger partial charge in [-0.3, -0.25) is 4.79 Å². The topological polar surface area (TPSA) is 57.5 Å². The summed E-state index contributed by atoms with van der Waals surface area (Å²) in [6.45, 7) is 2.80. The van der Waals surface area contributed by atoms with Crippen LogP contribution in [0.4, 0.5) is 0 Å². The lowest BCUT2D eigenvalue weighted by Gasteiger charge is -2.17. The minimum absolute atomic E-state index is 0.154. The van der Waals surface area contributed by atoms with Crippen molar-refractivity contribution in [1.29, 1.82) is 0 Å². The molecule has 0 aliphatic carbocycles. The van der Waals surface area contributed by atoms with E-state index in [1.54, 1.807) is 0 Å². The second-order valence-corrected chi connectivity index (χ2v) is 5.67. The molecule has 4 heteroatoms. The second-order valence-electron chi connectivity index (χ2n) is 5.67. The first-order chi connectivity index (χ1) is 9.75. The lowest BCUT2D eigenvalue weighted by atomic mass is 10.1. The third-order valence-electron chi connectivity index (χ3n) is 4.23. The Morgan fingerprint density at radius 3 is 2.55 bits per heavy atom. The molecule has 0 saturated carbocycles. The van der Waals surface area contributed by atoms with Crippen LogP contribution < -0.4 is 10.5 Å². The molecule has 2 aromatic rings.